The van der Waals surface area contributed by atoms with Crippen LogP contribution in [0.25, 0.3) is 0 Å². The van der Waals surface area contributed by atoms with E-state index in [0.717, 1.165) is 0 Å². The van der Waals surface area contributed by atoms with Gasteiger partial charge in [-0.1, -0.05) is 5.92 Å². The van der Waals surface area contributed by atoms with Crippen LogP contribution in [0, 0.1) is 18.3 Å². The molecule has 0 aromatic heterocycles. The first-order valence-electron chi connectivity index (χ1n) is 5.34. The Hall–Kier alpha value is -1.70. The van der Waals surface area contributed by atoms with E-state index in [1.807, 2.05) is 0 Å². The number of hydrogen-bond acceptors (Lipinski definition) is 2. The molecule has 0 aliphatic heterocycles. The number of aliphatic carboxylic acids is 1. The normalized spacial score (nSPS) is 24.2. The highest BCUT2D eigenvalue weighted by atomic mass is 16.4. The van der Waals surface area contributed by atoms with E-state index < -0.39 is 5.97 Å². The molecular formula is C11H16N2O3. The van der Waals surface area contributed by atoms with Crippen molar-refractivity contribution >= 4 is 12.0 Å². The highest BCUT2D eigenvalue weighted by molar-refractivity contribution is 5.74. The van der Waals surface area contributed by atoms with E-state index in [-0.39, 0.29) is 24.5 Å². The summed E-state index contributed by atoms with van der Waals surface area (Å²) in [6, 6.07) is -0.218. The van der Waals surface area contributed by atoms with Crippen LogP contribution < -0.4 is 10.6 Å². The molecule has 1 saturated carbocycles. The molecule has 5 heteroatoms. The van der Waals surface area contributed by atoms with Crippen LogP contribution in [0.2, 0.25) is 0 Å². The van der Waals surface area contributed by atoms with Crippen LogP contribution in [0.1, 0.15) is 25.7 Å². The minimum atomic E-state index is -0.741. The number of hydrogen-bond donors (Lipinski definition) is 3. The lowest BCUT2D eigenvalue weighted by atomic mass is 9.86. The van der Waals surface area contributed by atoms with E-state index >= 15 is 0 Å². The number of carboxylic acids is 1. The molecule has 1 aliphatic rings. The molecule has 2 amide bonds. The fraction of sp³-hybridized carbons (Fsp3) is 0.636. The van der Waals surface area contributed by atoms with Crippen molar-refractivity contribution in [2.75, 3.05) is 6.54 Å². The van der Waals surface area contributed by atoms with Crippen molar-refractivity contribution in [1.82, 2.24) is 10.6 Å². The van der Waals surface area contributed by atoms with Crippen LogP contribution in [-0.2, 0) is 4.79 Å². The zero-order valence-electron chi connectivity index (χ0n) is 9.03. The average Bonchev–Trinajstić information content (AvgIpc) is 2.27. The maximum absolute atomic E-state index is 11.3. The van der Waals surface area contributed by atoms with Gasteiger partial charge in [-0.05, 0) is 25.7 Å². The molecule has 3 N–H and O–H groups in total. The number of amides is 2. The predicted molar refractivity (Wildman–Crippen MR) is 58.7 cm³/mol. The molecule has 0 unspecified atom stereocenters. The van der Waals surface area contributed by atoms with Crippen LogP contribution in [0.3, 0.4) is 0 Å². The number of nitrogens with one attached hydrogen (secondary N) is 2. The Labute approximate surface area is 94.6 Å². The van der Waals surface area contributed by atoms with Crippen molar-refractivity contribution in [2.24, 2.45) is 5.92 Å². The standard InChI is InChI=1S/C11H16N2O3/c1-2-7-12-11(16)13-9-5-3-8(4-6-9)10(14)15/h1,8-9H,3-7H2,(H,14,15)(H2,12,13,16). The van der Waals surface area contributed by atoms with Crippen LogP contribution in [-0.4, -0.2) is 29.7 Å². The molecule has 88 valence electrons. The quantitative estimate of drug-likeness (QED) is 0.613. The Kier molecular flexibility index (Phi) is 4.65. The lowest BCUT2D eigenvalue weighted by molar-refractivity contribution is -0.142. The minimum Gasteiger partial charge on any atom is -0.481 e. The first-order chi connectivity index (χ1) is 7.63. The van der Waals surface area contributed by atoms with Gasteiger partial charge in [-0.3, -0.25) is 4.79 Å². The molecule has 0 atom stereocenters. The van der Waals surface area contributed by atoms with Gasteiger partial charge in [-0.2, -0.15) is 0 Å². The fourth-order valence-electron chi connectivity index (χ4n) is 1.85. The summed E-state index contributed by atoms with van der Waals surface area (Å²) in [4.78, 5) is 22.0. The van der Waals surface area contributed by atoms with Crippen LogP contribution >= 0.6 is 0 Å². The predicted octanol–water partition coefficient (Wildman–Crippen LogP) is 0.562. The van der Waals surface area contributed by atoms with E-state index in [2.05, 4.69) is 16.6 Å². The van der Waals surface area contributed by atoms with Gasteiger partial charge in [0.1, 0.15) is 0 Å². The third kappa shape index (κ3) is 3.81. The lowest BCUT2D eigenvalue weighted by Gasteiger charge is -2.26. The number of urea groups is 1. The van der Waals surface area contributed by atoms with E-state index in [0.29, 0.717) is 25.7 Å². The van der Waals surface area contributed by atoms with Crippen molar-refractivity contribution in [2.45, 2.75) is 31.7 Å². The largest absolute Gasteiger partial charge is 0.481 e. The first-order valence-corrected chi connectivity index (χ1v) is 5.34. The van der Waals surface area contributed by atoms with Crippen LogP contribution in [0.4, 0.5) is 4.79 Å². The number of carboxylic acid groups (broad SMARTS) is 1. The molecule has 1 rings (SSSR count). The van der Waals surface area contributed by atoms with Gasteiger partial charge in [0, 0.05) is 6.04 Å². The Bertz CT molecular complexity index is 301. The summed E-state index contributed by atoms with van der Waals surface area (Å²) in [5, 5.41) is 14.1. The SMILES string of the molecule is C#CCNC(=O)NC1CCC(C(=O)O)CC1. The van der Waals surface area contributed by atoms with E-state index in [9.17, 15) is 9.59 Å². The van der Waals surface area contributed by atoms with Gasteiger partial charge < -0.3 is 15.7 Å². The van der Waals surface area contributed by atoms with Crippen molar-refractivity contribution in [3.8, 4) is 12.3 Å². The lowest BCUT2D eigenvalue weighted by Crippen LogP contribution is -2.44. The molecule has 0 radical (unpaired) electrons. The zero-order valence-corrected chi connectivity index (χ0v) is 9.03. The summed E-state index contributed by atoms with van der Waals surface area (Å²) in [6.45, 7) is 0.205. The number of carbonyl (C=O) groups is 2. The summed E-state index contributed by atoms with van der Waals surface area (Å²) < 4.78 is 0. The highest BCUT2D eigenvalue weighted by Crippen LogP contribution is 2.24. The molecule has 0 aromatic rings. The van der Waals surface area contributed by atoms with Crippen LogP contribution in [0.5, 0.6) is 0 Å². The molecule has 0 aromatic carbocycles. The van der Waals surface area contributed by atoms with Crippen LogP contribution in [0.15, 0.2) is 0 Å². The molecule has 0 bridgehead atoms. The summed E-state index contributed by atoms with van der Waals surface area (Å²) in [6.07, 6.45) is 7.66. The maximum atomic E-state index is 11.3. The number of terminal acetylenes is 1. The average molecular weight is 224 g/mol. The molecule has 0 saturated heterocycles. The number of rotatable bonds is 3. The van der Waals surface area contributed by atoms with Gasteiger partial charge in [0.2, 0.25) is 0 Å². The molecular weight excluding hydrogens is 208 g/mol. The van der Waals surface area contributed by atoms with Gasteiger partial charge in [0.25, 0.3) is 0 Å². The van der Waals surface area contributed by atoms with Gasteiger partial charge in [-0.15, -0.1) is 6.42 Å². The highest BCUT2D eigenvalue weighted by Gasteiger charge is 2.26. The summed E-state index contributed by atoms with van der Waals surface area (Å²) in [5.74, 6) is 1.31. The van der Waals surface area contributed by atoms with Crippen molar-refractivity contribution in [3.05, 3.63) is 0 Å². The second-order valence-corrected chi connectivity index (χ2v) is 3.92. The molecule has 0 heterocycles. The second kappa shape index (κ2) is 6.01. The van der Waals surface area contributed by atoms with Gasteiger partial charge in [0.05, 0.1) is 12.5 Å². The Morgan fingerprint density at radius 3 is 2.44 bits per heavy atom. The topological polar surface area (TPSA) is 78.4 Å². The van der Waals surface area contributed by atoms with Gasteiger partial charge in [-0.25, -0.2) is 4.79 Å². The van der Waals surface area contributed by atoms with E-state index in [1.54, 1.807) is 0 Å². The molecule has 0 spiro atoms. The monoisotopic (exact) mass is 224 g/mol. The number of carbonyl (C=O) groups excluding carboxylic acids is 1. The minimum absolute atomic E-state index is 0.0633. The summed E-state index contributed by atoms with van der Waals surface area (Å²) in [7, 11) is 0. The van der Waals surface area contributed by atoms with Gasteiger partial charge >= 0.3 is 12.0 Å². The van der Waals surface area contributed by atoms with Crippen molar-refractivity contribution in [1.29, 1.82) is 0 Å². The van der Waals surface area contributed by atoms with Gasteiger partial charge in [0.15, 0.2) is 0 Å². The smallest absolute Gasteiger partial charge is 0.315 e. The molecule has 1 aliphatic carbocycles. The second-order valence-electron chi connectivity index (χ2n) is 3.92. The Balaban J connectivity index is 2.24. The van der Waals surface area contributed by atoms with Crippen molar-refractivity contribution < 1.29 is 14.7 Å². The third-order valence-electron chi connectivity index (χ3n) is 2.76. The summed E-state index contributed by atoms with van der Waals surface area (Å²) >= 11 is 0. The first kappa shape index (κ1) is 12.4. The van der Waals surface area contributed by atoms with E-state index in [1.165, 1.54) is 0 Å². The molecule has 16 heavy (non-hydrogen) atoms. The Morgan fingerprint density at radius 1 is 1.31 bits per heavy atom. The van der Waals surface area contributed by atoms with E-state index in [4.69, 9.17) is 11.5 Å². The molecule has 5 nitrogen and oxygen atoms in total. The maximum Gasteiger partial charge on any atom is 0.315 e. The fourth-order valence-corrected chi connectivity index (χ4v) is 1.85. The zero-order chi connectivity index (χ0) is 12.0. The van der Waals surface area contributed by atoms with Crippen molar-refractivity contribution in [3.63, 3.8) is 0 Å². The molecule has 1 fully saturated rings. The third-order valence-corrected chi connectivity index (χ3v) is 2.76. The Morgan fingerprint density at radius 2 is 1.94 bits per heavy atom. The summed E-state index contributed by atoms with van der Waals surface area (Å²) in [5.41, 5.74) is 0.